The monoisotopic (exact) mass is 295 g/mol. The van der Waals surface area contributed by atoms with Gasteiger partial charge in [-0.25, -0.2) is 0 Å². The van der Waals surface area contributed by atoms with Gasteiger partial charge in [0.15, 0.2) is 0 Å². The molecule has 4 fully saturated rings. The van der Waals surface area contributed by atoms with Crippen LogP contribution in [0.2, 0.25) is 0 Å². The normalized spacial score (nSPS) is 38.6. The smallest absolute Gasteiger partial charge is 0.0991 e. The Bertz CT molecular complexity index is 341. The van der Waals surface area contributed by atoms with Crippen molar-refractivity contribution in [2.24, 2.45) is 11.8 Å². The molecular formula is C17H29NO3. The molecule has 0 amide bonds. The Hall–Kier alpha value is -0.160. The SMILES string of the molecule is C1CC(CN2CCO[C@H]3[C@H](OCC4CC4)CC[C@@H]32)CCO1. The maximum absolute atomic E-state index is 6.16. The van der Waals surface area contributed by atoms with Crippen molar-refractivity contribution in [3.63, 3.8) is 0 Å². The molecule has 2 aliphatic carbocycles. The molecule has 0 bridgehead atoms. The Balaban J connectivity index is 1.31. The highest BCUT2D eigenvalue weighted by Crippen LogP contribution is 2.35. The van der Waals surface area contributed by atoms with E-state index in [2.05, 4.69) is 4.90 Å². The Morgan fingerprint density at radius 1 is 0.905 bits per heavy atom. The van der Waals surface area contributed by atoms with Gasteiger partial charge in [0.25, 0.3) is 0 Å². The summed E-state index contributed by atoms with van der Waals surface area (Å²) in [5.74, 6) is 1.68. The van der Waals surface area contributed by atoms with Gasteiger partial charge in [-0.2, -0.15) is 0 Å². The summed E-state index contributed by atoms with van der Waals surface area (Å²) < 4.78 is 17.7. The zero-order valence-electron chi connectivity index (χ0n) is 13.0. The zero-order chi connectivity index (χ0) is 14.1. The number of ether oxygens (including phenoxy) is 3. The molecular weight excluding hydrogens is 266 g/mol. The van der Waals surface area contributed by atoms with Gasteiger partial charge in [0.05, 0.1) is 18.8 Å². The molecule has 4 aliphatic rings. The van der Waals surface area contributed by atoms with E-state index in [1.54, 1.807) is 0 Å². The Morgan fingerprint density at radius 3 is 2.57 bits per heavy atom. The fraction of sp³-hybridized carbons (Fsp3) is 1.00. The van der Waals surface area contributed by atoms with E-state index >= 15 is 0 Å². The third kappa shape index (κ3) is 3.44. The maximum atomic E-state index is 6.16. The molecule has 0 aromatic carbocycles. The van der Waals surface area contributed by atoms with Crippen molar-refractivity contribution >= 4 is 0 Å². The Kier molecular flexibility index (Phi) is 4.49. The minimum Gasteiger partial charge on any atom is -0.381 e. The van der Waals surface area contributed by atoms with E-state index in [1.807, 2.05) is 0 Å². The van der Waals surface area contributed by atoms with Gasteiger partial charge in [-0.3, -0.25) is 4.90 Å². The van der Waals surface area contributed by atoms with E-state index in [1.165, 1.54) is 45.1 Å². The van der Waals surface area contributed by atoms with Crippen molar-refractivity contribution in [1.29, 1.82) is 0 Å². The summed E-state index contributed by atoms with van der Waals surface area (Å²) in [4.78, 5) is 2.70. The van der Waals surface area contributed by atoms with Crippen LogP contribution in [-0.2, 0) is 14.2 Å². The van der Waals surface area contributed by atoms with Gasteiger partial charge in [0.1, 0.15) is 0 Å². The first kappa shape index (κ1) is 14.4. The predicted octanol–water partition coefficient (Wildman–Crippen LogP) is 2.07. The van der Waals surface area contributed by atoms with Gasteiger partial charge in [0, 0.05) is 39.0 Å². The highest BCUT2D eigenvalue weighted by Gasteiger charge is 2.44. The molecule has 4 heteroatoms. The molecule has 4 nitrogen and oxygen atoms in total. The summed E-state index contributed by atoms with van der Waals surface area (Å²) in [5.41, 5.74) is 0. The topological polar surface area (TPSA) is 30.9 Å². The minimum atomic E-state index is 0.331. The standard InChI is InChI=1S/C17H29NO3/c1-2-14(1)12-21-16-4-3-15-17(16)20-10-7-18(15)11-13-5-8-19-9-6-13/h13-17H,1-12H2/t15-,16+,17+/m0/s1. The fourth-order valence-electron chi connectivity index (χ4n) is 4.20. The largest absolute Gasteiger partial charge is 0.381 e. The van der Waals surface area contributed by atoms with Gasteiger partial charge < -0.3 is 14.2 Å². The lowest BCUT2D eigenvalue weighted by molar-refractivity contribution is -0.118. The molecule has 21 heavy (non-hydrogen) atoms. The van der Waals surface area contributed by atoms with E-state index < -0.39 is 0 Å². The lowest BCUT2D eigenvalue weighted by atomic mass is 9.98. The van der Waals surface area contributed by atoms with Crippen LogP contribution in [0.5, 0.6) is 0 Å². The first-order valence-corrected chi connectivity index (χ1v) is 8.95. The molecule has 3 atom stereocenters. The van der Waals surface area contributed by atoms with E-state index in [0.717, 1.165) is 44.8 Å². The third-order valence-corrected chi connectivity index (χ3v) is 5.73. The van der Waals surface area contributed by atoms with E-state index in [4.69, 9.17) is 14.2 Å². The molecule has 2 aliphatic heterocycles. The Morgan fingerprint density at radius 2 is 1.76 bits per heavy atom. The molecule has 0 aromatic rings. The van der Waals surface area contributed by atoms with Crippen LogP contribution < -0.4 is 0 Å². The van der Waals surface area contributed by atoms with Crippen LogP contribution in [0.25, 0.3) is 0 Å². The second kappa shape index (κ2) is 6.53. The van der Waals surface area contributed by atoms with Crippen molar-refractivity contribution in [1.82, 2.24) is 4.90 Å². The summed E-state index contributed by atoms with van der Waals surface area (Å²) in [6.07, 6.45) is 8.34. The van der Waals surface area contributed by atoms with E-state index in [0.29, 0.717) is 18.2 Å². The summed E-state index contributed by atoms with van der Waals surface area (Å²) in [6.45, 7) is 6.11. The van der Waals surface area contributed by atoms with Crippen LogP contribution in [0.1, 0.15) is 38.5 Å². The van der Waals surface area contributed by atoms with E-state index in [9.17, 15) is 0 Å². The number of rotatable bonds is 5. The van der Waals surface area contributed by atoms with Gasteiger partial charge >= 0.3 is 0 Å². The van der Waals surface area contributed by atoms with Crippen LogP contribution in [0.4, 0.5) is 0 Å². The molecule has 4 rings (SSSR count). The van der Waals surface area contributed by atoms with Crippen molar-refractivity contribution in [2.75, 3.05) is 39.5 Å². The van der Waals surface area contributed by atoms with E-state index in [-0.39, 0.29) is 0 Å². The molecule has 120 valence electrons. The molecule has 0 unspecified atom stereocenters. The summed E-state index contributed by atoms with van der Waals surface area (Å²) >= 11 is 0. The lowest BCUT2D eigenvalue weighted by Gasteiger charge is -2.41. The maximum Gasteiger partial charge on any atom is 0.0991 e. The van der Waals surface area contributed by atoms with Crippen molar-refractivity contribution in [3.05, 3.63) is 0 Å². The molecule has 0 N–H and O–H groups in total. The number of nitrogens with zero attached hydrogens (tertiary/aromatic N) is 1. The summed E-state index contributed by atoms with van der Waals surface area (Å²) in [7, 11) is 0. The number of morpholine rings is 1. The minimum absolute atomic E-state index is 0.331. The van der Waals surface area contributed by atoms with Crippen LogP contribution >= 0.6 is 0 Å². The average Bonchev–Trinajstić information content (AvgIpc) is 3.26. The molecule has 2 heterocycles. The van der Waals surface area contributed by atoms with Crippen LogP contribution in [0, 0.1) is 11.8 Å². The molecule has 2 saturated heterocycles. The van der Waals surface area contributed by atoms with Gasteiger partial charge in [0.2, 0.25) is 0 Å². The second-order valence-electron chi connectivity index (χ2n) is 7.35. The fourth-order valence-corrected chi connectivity index (χ4v) is 4.20. The predicted molar refractivity (Wildman–Crippen MR) is 80.3 cm³/mol. The van der Waals surface area contributed by atoms with Crippen LogP contribution in [0.3, 0.4) is 0 Å². The quantitative estimate of drug-likeness (QED) is 0.777. The van der Waals surface area contributed by atoms with Crippen molar-refractivity contribution in [2.45, 2.75) is 56.8 Å². The van der Waals surface area contributed by atoms with Gasteiger partial charge in [-0.15, -0.1) is 0 Å². The highest BCUT2D eigenvalue weighted by molar-refractivity contribution is 4.96. The van der Waals surface area contributed by atoms with Crippen molar-refractivity contribution < 1.29 is 14.2 Å². The molecule has 0 radical (unpaired) electrons. The van der Waals surface area contributed by atoms with Crippen LogP contribution in [0.15, 0.2) is 0 Å². The van der Waals surface area contributed by atoms with Crippen molar-refractivity contribution in [3.8, 4) is 0 Å². The number of hydrogen-bond donors (Lipinski definition) is 0. The third-order valence-electron chi connectivity index (χ3n) is 5.73. The molecule has 0 aromatic heterocycles. The first-order chi connectivity index (χ1) is 10.4. The number of fused-ring (bicyclic) bond motifs is 1. The molecule has 2 saturated carbocycles. The Labute approximate surface area is 128 Å². The average molecular weight is 295 g/mol. The highest BCUT2D eigenvalue weighted by atomic mass is 16.5. The number of hydrogen-bond acceptors (Lipinski definition) is 4. The van der Waals surface area contributed by atoms with Gasteiger partial charge in [-0.05, 0) is 50.4 Å². The summed E-state index contributed by atoms with van der Waals surface area (Å²) in [6, 6.07) is 0.603. The first-order valence-electron chi connectivity index (χ1n) is 8.95. The molecule has 0 spiro atoms. The van der Waals surface area contributed by atoms with Gasteiger partial charge in [-0.1, -0.05) is 0 Å². The second-order valence-corrected chi connectivity index (χ2v) is 7.35. The summed E-state index contributed by atoms with van der Waals surface area (Å²) in [5, 5.41) is 0. The van der Waals surface area contributed by atoms with Crippen LogP contribution in [-0.4, -0.2) is 62.7 Å². The zero-order valence-corrected chi connectivity index (χ0v) is 13.0. The lowest BCUT2D eigenvalue weighted by Crippen LogP contribution is -2.53.